The van der Waals surface area contributed by atoms with Gasteiger partial charge in [0.15, 0.2) is 11.6 Å². The zero-order valence-electron chi connectivity index (χ0n) is 16.5. The molecular weight excluding hydrogens is 348 g/mol. The molecule has 0 unspecified atom stereocenters. The fourth-order valence-electron chi connectivity index (χ4n) is 3.28. The van der Waals surface area contributed by atoms with Gasteiger partial charge < -0.3 is 0 Å². The van der Waals surface area contributed by atoms with Gasteiger partial charge in [0.2, 0.25) is 0 Å². The van der Waals surface area contributed by atoms with Gasteiger partial charge in [-0.1, -0.05) is 24.3 Å². The van der Waals surface area contributed by atoms with Crippen LogP contribution >= 0.6 is 0 Å². The Hall–Kier alpha value is -3.40. The fourth-order valence-corrected chi connectivity index (χ4v) is 3.28. The average Bonchev–Trinajstić information content (AvgIpc) is 2.69. The topological polar surface area (TPSA) is 59.9 Å². The van der Waals surface area contributed by atoms with Crippen LogP contribution in [-0.4, -0.2) is 21.5 Å². The Kier molecular flexibility index (Phi) is 5.59. The van der Waals surface area contributed by atoms with E-state index in [1.807, 2.05) is 50.2 Å². The summed E-state index contributed by atoms with van der Waals surface area (Å²) in [5.74, 6) is 0.197. The standard InChI is InChI=1S/2C12H11NO/c2*1-8-3-4-10(9(2)14)11-5-6-13-7-12(8)11/h2*3-7H,1-2H3. The summed E-state index contributed by atoms with van der Waals surface area (Å²) < 4.78 is 0. The van der Waals surface area contributed by atoms with Gasteiger partial charge in [0.1, 0.15) is 0 Å². The summed E-state index contributed by atoms with van der Waals surface area (Å²) in [5, 5.41) is 4.10. The van der Waals surface area contributed by atoms with E-state index in [0.717, 1.165) is 43.8 Å². The summed E-state index contributed by atoms with van der Waals surface area (Å²) in [7, 11) is 0. The number of fused-ring (bicyclic) bond motifs is 2. The SMILES string of the molecule is CC(=O)c1ccc(C)c2cnccc12.CC(=O)c1ccc(C)c2cnccc12. The molecule has 4 heteroatoms. The number of carbonyl (C=O) groups excluding carboxylic acids is 2. The predicted octanol–water partition coefficient (Wildman–Crippen LogP) is 5.49. The third kappa shape index (κ3) is 3.81. The predicted molar refractivity (Wildman–Crippen MR) is 113 cm³/mol. The molecule has 0 atom stereocenters. The van der Waals surface area contributed by atoms with Crippen LogP contribution in [0.1, 0.15) is 45.7 Å². The molecule has 0 radical (unpaired) electrons. The molecule has 0 bridgehead atoms. The molecule has 140 valence electrons. The van der Waals surface area contributed by atoms with Crippen LogP contribution in [0.15, 0.2) is 61.2 Å². The molecule has 0 spiro atoms. The van der Waals surface area contributed by atoms with Crippen LogP contribution in [0.5, 0.6) is 0 Å². The van der Waals surface area contributed by atoms with E-state index in [-0.39, 0.29) is 11.6 Å². The molecule has 28 heavy (non-hydrogen) atoms. The number of benzene rings is 2. The van der Waals surface area contributed by atoms with Gasteiger partial charge in [0, 0.05) is 46.7 Å². The van der Waals surface area contributed by atoms with Crippen LogP contribution in [0.4, 0.5) is 0 Å². The monoisotopic (exact) mass is 370 g/mol. The van der Waals surface area contributed by atoms with Crippen molar-refractivity contribution in [3.8, 4) is 0 Å². The number of hydrogen-bond acceptors (Lipinski definition) is 4. The molecule has 4 nitrogen and oxygen atoms in total. The molecule has 0 amide bonds. The van der Waals surface area contributed by atoms with E-state index in [4.69, 9.17) is 0 Å². The number of hydrogen-bond donors (Lipinski definition) is 0. The molecule has 2 aromatic carbocycles. The smallest absolute Gasteiger partial charge is 0.160 e. The number of carbonyl (C=O) groups is 2. The van der Waals surface area contributed by atoms with Crippen molar-refractivity contribution in [3.63, 3.8) is 0 Å². The van der Waals surface area contributed by atoms with Crippen molar-refractivity contribution in [1.82, 2.24) is 9.97 Å². The molecule has 0 fully saturated rings. The lowest BCUT2D eigenvalue weighted by Crippen LogP contribution is -1.94. The summed E-state index contributed by atoms with van der Waals surface area (Å²) in [6, 6.07) is 11.4. The highest BCUT2D eigenvalue weighted by Crippen LogP contribution is 2.22. The first-order valence-corrected chi connectivity index (χ1v) is 9.08. The van der Waals surface area contributed by atoms with Gasteiger partial charge in [-0.15, -0.1) is 0 Å². The molecule has 0 saturated heterocycles. The van der Waals surface area contributed by atoms with Gasteiger partial charge in [-0.3, -0.25) is 19.6 Å². The maximum Gasteiger partial charge on any atom is 0.160 e. The number of aromatic nitrogens is 2. The van der Waals surface area contributed by atoms with Crippen molar-refractivity contribution in [3.05, 3.63) is 83.4 Å². The molecule has 4 rings (SSSR count). The summed E-state index contributed by atoms with van der Waals surface area (Å²) in [5.41, 5.74) is 3.84. The second kappa shape index (κ2) is 8.09. The third-order valence-corrected chi connectivity index (χ3v) is 4.83. The largest absolute Gasteiger partial charge is 0.294 e. The molecule has 0 N–H and O–H groups in total. The van der Waals surface area contributed by atoms with Crippen molar-refractivity contribution in [2.24, 2.45) is 0 Å². The Morgan fingerprint density at radius 3 is 1.36 bits per heavy atom. The maximum atomic E-state index is 11.4. The average molecular weight is 370 g/mol. The maximum absolute atomic E-state index is 11.4. The lowest BCUT2D eigenvalue weighted by Gasteiger charge is -2.05. The molecule has 0 saturated carbocycles. The number of rotatable bonds is 2. The van der Waals surface area contributed by atoms with Crippen molar-refractivity contribution >= 4 is 33.1 Å². The Bertz CT molecular complexity index is 1100. The normalized spacial score (nSPS) is 10.4. The summed E-state index contributed by atoms with van der Waals surface area (Å²) in [6.45, 7) is 7.22. The Balaban J connectivity index is 0.000000161. The molecule has 2 heterocycles. The number of pyridine rings is 2. The second-order valence-electron chi connectivity index (χ2n) is 6.81. The van der Waals surface area contributed by atoms with E-state index in [2.05, 4.69) is 9.97 Å². The molecule has 0 aliphatic heterocycles. The van der Waals surface area contributed by atoms with Crippen molar-refractivity contribution < 1.29 is 9.59 Å². The van der Waals surface area contributed by atoms with Gasteiger partial charge in [-0.25, -0.2) is 0 Å². The van der Waals surface area contributed by atoms with Gasteiger partial charge in [-0.2, -0.15) is 0 Å². The fraction of sp³-hybridized carbons (Fsp3) is 0.167. The molecular formula is C24H22N2O2. The van der Waals surface area contributed by atoms with Gasteiger partial charge >= 0.3 is 0 Å². The van der Waals surface area contributed by atoms with E-state index < -0.39 is 0 Å². The number of aryl methyl sites for hydroxylation is 2. The number of Topliss-reactive ketones (excluding diaryl/α,β-unsaturated/α-hetero) is 2. The minimum absolute atomic E-state index is 0.0983. The van der Waals surface area contributed by atoms with Gasteiger partial charge in [0.05, 0.1) is 0 Å². The van der Waals surface area contributed by atoms with E-state index in [9.17, 15) is 9.59 Å². The Morgan fingerprint density at radius 1 is 0.607 bits per heavy atom. The van der Waals surface area contributed by atoms with Gasteiger partial charge in [-0.05, 0) is 61.7 Å². The van der Waals surface area contributed by atoms with Crippen molar-refractivity contribution in [2.45, 2.75) is 27.7 Å². The zero-order chi connectivity index (χ0) is 20.3. The van der Waals surface area contributed by atoms with Crippen LogP contribution in [0.25, 0.3) is 21.5 Å². The van der Waals surface area contributed by atoms with Gasteiger partial charge in [0.25, 0.3) is 0 Å². The van der Waals surface area contributed by atoms with Crippen LogP contribution in [-0.2, 0) is 0 Å². The van der Waals surface area contributed by atoms with E-state index >= 15 is 0 Å². The number of ketones is 2. The lowest BCUT2D eigenvalue weighted by atomic mass is 10.0. The zero-order valence-corrected chi connectivity index (χ0v) is 16.5. The second-order valence-corrected chi connectivity index (χ2v) is 6.81. The number of nitrogens with zero attached hydrogens (tertiary/aromatic N) is 2. The Morgan fingerprint density at radius 2 is 1.00 bits per heavy atom. The molecule has 2 aromatic heterocycles. The minimum atomic E-state index is 0.0983. The van der Waals surface area contributed by atoms with E-state index in [0.29, 0.717) is 0 Å². The van der Waals surface area contributed by atoms with Crippen molar-refractivity contribution in [1.29, 1.82) is 0 Å². The summed E-state index contributed by atoms with van der Waals surface area (Å²) in [4.78, 5) is 30.8. The first-order chi connectivity index (χ1) is 13.4. The van der Waals surface area contributed by atoms with Crippen LogP contribution in [0.3, 0.4) is 0 Å². The summed E-state index contributed by atoms with van der Waals surface area (Å²) >= 11 is 0. The molecule has 0 aliphatic rings. The first-order valence-electron chi connectivity index (χ1n) is 9.08. The summed E-state index contributed by atoms with van der Waals surface area (Å²) in [6.07, 6.45) is 7.04. The highest BCUT2D eigenvalue weighted by atomic mass is 16.1. The van der Waals surface area contributed by atoms with E-state index in [1.54, 1.807) is 38.6 Å². The molecule has 0 aliphatic carbocycles. The highest BCUT2D eigenvalue weighted by Gasteiger charge is 2.07. The molecule has 4 aromatic rings. The first kappa shape index (κ1) is 19.4. The highest BCUT2D eigenvalue weighted by molar-refractivity contribution is 6.08. The minimum Gasteiger partial charge on any atom is -0.294 e. The van der Waals surface area contributed by atoms with E-state index in [1.165, 1.54) is 0 Å². The van der Waals surface area contributed by atoms with Crippen LogP contribution in [0, 0.1) is 13.8 Å². The van der Waals surface area contributed by atoms with Crippen LogP contribution < -0.4 is 0 Å². The van der Waals surface area contributed by atoms with Crippen molar-refractivity contribution in [2.75, 3.05) is 0 Å². The van der Waals surface area contributed by atoms with Crippen LogP contribution in [0.2, 0.25) is 0 Å². The third-order valence-electron chi connectivity index (χ3n) is 4.83. The Labute approximate surface area is 164 Å². The lowest BCUT2D eigenvalue weighted by molar-refractivity contribution is 0.101. The quantitative estimate of drug-likeness (QED) is 0.438.